The summed E-state index contributed by atoms with van der Waals surface area (Å²) in [6.45, 7) is 10.9. The third-order valence-electron chi connectivity index (χ3n) is 7.80. The Morgan fingerprint density at radius 3 is 2.58 bits per heavy atom. The topological polar surface area (TPSA) is 75.0 Å². The fourth-order valence-corrected chi connectivity index (χ4v) is 5.99. The van der Waals surface area contributed by atoms with E-state index in [9.17, 15) is 0 Å². The van der Waals surface area contributed by atoms with Gasteiger partial charge in [0.05, 0.1) is 5.69 Å². The number of fused-ring (bicyclic) bond motifs is 2. The van der Waals surface area contributed by atoms with E-state index < -0.39 is 0 Å². The average molecular weight is 480 g/mol. The zero-order valence-corrected chi connectivity index (χ0v) is 21.5. The van der Waals surface area contributed by atoms with Crippen LogP contribution in [0.1, 0.15) is 67.7 Å². The van der Waals surface area contributed by atoms with Crippen LogP contribution < -0.4 is 4.90 Å². The van der Waals surface area contributed by atoms with Crippen LogP contribution in [0.15, 0.2) is 49.2 Å². The number of rotatable bonds is 5. The van der Waals surface area contributed by atoms with E-state index in [0.29, 0.717) is 11.8 Å². The number of nitrogens with zero attached hydrogens (tertiary/aromatic N) is 6. The fraction of sp³-hybridized carbons (Fsp3) is 0.379. The van der Waals surface area contributed by atoms with Crippen LogP contribution in [0.5, 0.6) is 0 Å². The van der Waals surface area contributed by atoms with Gasteiger partial charge >= 0.3 is 0 Å². The minimum atomic E-state index is 0.387. The number of piperidine rings is 1. The van der Waals surface area contributed by atoms with Gasteiger partial charge in [-0.1, -0.05) is 26.8 Å². The van der Waals surface area contributed by atoms with Gasteiger partial charge in [0, 0.05) is 48.1 Å². The maximum atomic E-state index is 4.48. The predicted molar refractivity (Wildman–Crippen MR) is 145 cm³/mol. The number of aromatic amines is 1. The standard InChI is InChI=1S/C29H33N7/c1-5-22-19(4)28-32-17-33-36(28)16-24(22)27-26(18(2)3)23-15-21(7-8-25(23)34-27)20-9-13-35(14-10-20)29-30-11-6-12-31-29/h6-8,11-12,15-18,20,34H,5,9-10,13-14H2,1-4H3. The lowest BCUT2D eigenvalue weighted by Crippen LogP contribution is -2.34. The molecule has 1 aromatic carbocycles. The highest BCUT2D eigenvalue weighted by atomic mass is 15.3. The van der Waals surface area contributed by atoms with Gasteiger partial charge in [-0.25, -0.2) is 19.5 Å². The molecule has 0 amide bonds. The van der Waals surface area contributed by atoms with Gasteiger partial charge in [0.15, 0.2) is 5.65 Å². The average Bonchev–Trinajstić information content (AvgIpc) is 3.54. The third-order valence-corrected chi connectivity index (χ3v) is 7.80. The molecule has 7 heteroatoms. The maximum absolute atomic E-state index is 4.48. The summed E-state index contributed by atoms with van der Waals surface area (Å²) in [6.07, 6.45) is 10.6. The summed E-state index contributed by atoms with van der Waals surface area (Å²) in [5, 5.41) is 5.79. The van der Waals surface area contributed by atoms with Crippen molar-refractivity contribution in [2.75, 3.05) is 18.0 Å². The number of hydrogen-bond donors (Lipinski definition) is 1. The lowest BCUT2D eigenvalue weighted by molar-refractivity contribution is 0.500. The molecular weight excluding hydrogens is 446 g/mol. The van der Waals surface area contributed by atoms with Gasteiger partial charge in [-0.15, -0.1) is 0 Å². The number of aromatic nitrogens is 6. The van der Waals surface area contributed by atoms with Crippen molar-refractivity contribution in [2.45, 2.75) is 58.8 Å². The van der Waals surface area contributed by atoms with E-state index in [1.54, 1.807) is 6.33 Å². The second-order valence-corrected chi connectivity index (χ2v) is 10.2. The normalized spacial score (nSPS) is 15.0. The van der Waals surface area contributed by atoms with Crippen molar-refractivity contribution < 1.29 is 0 Å². The van der Waals surface area contributed by atoms with Gasteiger partial charge in [-0.2, -0.15) is 5.10 Å². The number of aryl methyl sites for hydroxylation is 1. The molecule has 0 bridgehead atoms. The van der Waals surface area contributed by atoms with Gasteiger partial charge < -0.3 is 9.88 Å². The monoisotopic (exact) mass is 479 g/mol. The number of benzene rings is 1. The molecule has 1 aliphatic rings. The Balaban J connectivity index is 1.39. The first-order chi connectivity index (χ1) is 17.5. The molecule has 0 atom stereocenters. The quantitative estimate of drug-likeness (QED) is 0.332. The van der Waals surface area contributed by atoms with Gasteiger partial charge in [-0.3, -0.25) is 0 Å². The van der Waals surface area contributed by atoms with Crippen LogP contribution in [0.2, 0.25) is 0 Å². The molecule has 36 heavy (non-hydrogen) atoms. The van der Waals surface area contributed by atoms with Crippen LogP contribution in [0.4, 0.5) is 5.95 Å². The van der Waals surface area contributed by atoms with Gasteiger partial charge in [0.1, 0.15) is 6.33 Å². The fourth-order valence-electron chi connectivity index (χ4n) is 5.99. The lowest BCUT2D eigenvalue weighted by atomic mass is 9.87. The van der Waals surface area contributed by atoms with Crippen molar-refractivity contribution in [3.8, 4) is 11.3 Å². The maximum Gasteiger partial charge on any atom is 0.225 e. The minimum Gasteiger partial charge on any atom is -0.354 e. The summed E-state index contributed by atoms with van der Waals surface area (Å²) in [7, 11) is 0. The summed E-state index contributed by atoms with van der Waals surface area (Å²) in [5.74, 6) is 1.78. The van der Waals surface area contributed by atoms with Crippen molar-refractivity contribution in [3.63, 3.8) is 0 Å². The molecule has 5 heterocycles. The Labute approximate surface area is 211 Å². The molecule has 1 fully saturated rings. The Kier molecular flexibility index (Phi) is 5.70. The highest BCUT2D eigenvalue weighted by molar-refractivity contribution is 5.92. The molecule has 0 saturated carbocycles. The van der Waals surface area contributed by atoms with Gasteiger partial charge in [0.25, 0.3) is 0 Å². The highest BCUT2D eigenvalue weighted by Gasteiger charge is 2.25. The molecule has 1 N–H and O–H groups in total. The second kappa shape index (κ2) is 9.04. The zero-order chi connectivity index (χ0) is 24.8. The molecule has 6 rings (SSSR count). The van der Waals surface area contributed by atoms with E-state index >= 15 is 0 Å². The zero-order valence-electron chi connectivity index (χ0n) is 21.5. The van der Waals surface area contributed by atoms with Gasteiger partial charge in [0.2, 0.25) is 5.95 Å². The molecule has 4 aromatic heterocycles. The van der Waals surface area contributed by atoms with E-state index in [0.717, 1.165) is 43.9 Å². The van der Waals surface area contributed by atoms with E-state index in [1.165, 1.54) is 44.4 Å². The van der Waals surface area contributed by atoms with E-state index in [1.807, 2.05) is 23.0 Å². The van der Waals surface area contributed by atoms with Crippen molar-refractivity contribution >= 4 is 22.5 Å². The number of nitrogens with one attached hydrogen (secondary N) is 1. The first kappa shape index (κ1) is 22.7. The second-order valence-electron chi connectivity index (χ2n) is 10.2. The molecule has 5 aromatic rings. The van der Waals surface area contributed by atoms with E-state index in [4.69, 9.17) is 0 Å². The molecular formula is C29H33N7. The highest BCUT2D eigenvalue weighted by Crippen LogP contribution is 2.40. The number of anilines is 1. The Morgan fingerprint density at radius 1 is 1.08 bits per heavy atom. The molecule has 0 unspecified atom stereocenters. The predicted octanol–water partition coefficient (Wildman–Crippen LogP) is 6.05. The largest absolute Gasteiger partial charge is 0.354 e. The third kappa shape index (κ3) is 3.74. The molecule has 184 valence electrons. The molecule has 1 saturated heterocycles. The minimum absolute atomic E-state index is 0.387. The first-order valence-electron chi connectivity index (χ1n) is 13.0. The van der Waals surface area contributed by atoms with Crippen LogP contribution in [0.3, 0.4) is 0 Å². The number of pyridine rings is 1. The molecule has 1 aliphatic heterocycles. The van der Waals surface area contributed by atoms with Crippen LogP contribution in [0.25, 0.3) is 27.8 Å². The van der Waals surface area contributed by atoms with Crippen molar-refractivity contribution in [3.05, 3.63) is 71.4 Å². The lowest BCUT2D eigenvalue weighted by Gasteiger charge is -2.32. The summed E-state index contributed by atoms with van der Waals surface area (Å²) in [4.78, 5) is 19.5. The van der Waals surface area contributed by atoms with Crippen LogP contribution in [-0.4, -0.2) is 42.6 Å². The molecule has 0 aliphatic carbocycles. The summed E-state index contributed by atoms with van der Waals surface area (Å²) >= 11 is 0. The molecule has 7 nitrogen and oxygen atoms in total. The van der Waals surface area contributed by atoms with Gasteiger partial charge in [-0.05, 0) is 78.5 Å². The van der Waals surface area contributed by atoms with Crippen molar-refractivity contribution in [1.82, 2.24) is 29.5 Å². The molecule has 0 spiro atoms. The summed E-state index contributed by atoms with van der Waals surface area (Å²) in [5.41, 5.74) is 9.93. The van der Waals surface area contributed by atoms with Crippen LogP contribution in [0, 0.1) is 6.92 Å². The smallest absolute Gasteiger partial charge is 0.225 e. The first-order valence-corrected chi connectivity index (χ1v) is 13.0. The van der Waals surface area contributed by atoms with E-state index in [-0.39, 0.29) is 0 Å². The van der Waals surface area contributed by atoms with E-state index in [2.05, 4.69) is 82.0 Å². The summed E-state index contributed by atoms with van der Waals surface area (Å²) < 4.78 is 1.91. The Morgan fingerprint density at radius 2 is 1.86 bits per heavy atom. The SMILES string of the molecule is CCc1c(-c2[nH]c3ccc(C4CCN(c5ncccn5)CC4)cc3c2C(C)C)cn2ncnc2c1C. The number of H-pyrrole nitrogens is 1. The van der Waals surface area contributed by atoms with Crippen molar-refractivity contribution in [1.29, 1.82) is 0 Å². The Bertz CT molecular complexity index is 1520. The van der Waals surface area contributed by atoms with Crippen molar-refractivity contribution in [2.24, 2.45) is 0 Å². The van der Waals surface area contributed by atoms with Crippen LogP contribution >= 0.6 is 0 Å². The molecule has 0 radical (unpaired) electrons. The van der Waals surface area contributed by atoms with Crippen LogP contribution in [-0.2, 0) is 6.42 Å². The number of hydrogen-bond acceptors (Lipinski definition) is 5. The Hall–Kier alpha value is -3.74. The summed E-state index contributed by atoms with van der Waals surface area (Å²) in [6, 6.07) is 8.91.